The quantitative estimate of drug-likeness (QED) is 0.880. The third-order valence-corrected chi connectivity index (χ3v) is 4.06. The highest BCUT2D eigenvalue weighted by Gasteiger charge is 2.30. The van der Waals surface area contributed by atoms with Gasteiger partial charge in [-0.25, -0.2) is 0 Å². The monoisotopic (exact) mass is 289 g/mol. The number of thioether (sulfide) groups is 1. The average Bonchev–Trinajstić information content (AvgIpc) is 2.77. The van der Waals surface area contributed by atoms with Gasteiger partial charge >= 0.3 is 6.18 Å². The molecule has 2 rings (SSSR count). The van der Waals surface area contributed by atoms with Crippen molar-refractivity contribution < 1.29 is 13.2 Å². The van der Waals surface area contributed by atoms with Crippen LogP contribution in [-0.2, 0) is 6.18 Å². The molecule has 0 fully saturated rings. The number of aliphatic imine (C=N–C) groups is 1. The molecule has 2 unspecified atom stereocenters. The van der Waals surface area contributed by atoms with Crippen LogP contribution in [0.4, 0.5) is 18.9 Å². The highest BCUT2D eigenvalue weighted by molar-refractivity contribution is 8.15. The molecule has 1 aromatic carbocycles. The zero-order valence-electron chi connectivity index (χ0n) is 10.2. The summed E-state index contributed by atoms with van der Waals surface area (Å²) in [5.74, 6) is 0. The third-order valence-electron chi connectivity index (χ3n) is 2.73. The van der Waals surface area contributed by atoms with Crippen molar-refractivity contribution >= 4 is 22.6 Å². The maximum Gasteiger partial charge on any atom is 0.416 e. The molecule has 1 heterocycles. The second kappa shape index (κ2) is 5.42. The summed E-state index contributed by atoms with van der Waals surface area (Å²) < 4.78 is 37.2. The molecule has 0 amide bonds. The minimum atomic E-state index is -4.31. The molecular formula is C12H14F3N3S. The molecule has 0 spiro atoms. The Balaban J connectivity index is 1.98. The predicted molar refractivity (Wildman–Crippen MR) is 72.4 cm³/mol. The third kappa shape index (κ3) is 3.63. The smallest absolute Gasteiger partial charge is 0.335 e. The van der Waals surface area contributed by atoms with E-state index in [4.69, 9.17) is 5.73 Å². The first-order valence-electron chi connectivity index (χ1n) is 5.77. The van der Waals surface area contributed by atoms with Gasteiger partial charge in [0.2, 0.25) is 0 Å². The number of alkyl halides is 3. The highest BCUT2D eigenvalue weighted by Crippen LogP contribution is 2.30. The molecule has 3 N–H and O–H groups in total. The number of hydrogen-bond acceptors (Lipinski definition) is 4. The molecule has 0 saturated heterocycles. The SMILES string of the molecule is CC(N)C1CN=C(Nc2ccc(C(F)(F)F)cc2)S1. The fourth-order valence-corrected chi connectivity index (χ4v) is 2.58. The summed E-state index contributed by atoms with van der Waals surface area (Å²) in [4.78, 5) is 4.27. The molecule has 0 aromatic heterocycles. The number of halogens is 3. The van der Waals surface area contributed by atoms with Crippen molar-refractivity contribution in [3.05, 3.63) is 29.8 Å². The summed E-state index contributed by atoms with van der Waals surface area (Å²) in [6.45, 7) is 2.54. The summed E-state index contributed by atoms with van der Waals surface area (Å²) >= 11 is 1.52. The number of benzene rings is 1. The first-order valence-corrected chi connectivity index (χ1v) is 6.65. The molecule has 3 nitrogen and oxygen atoms in total. The van der Waals surface area contributed by atoms with E-state index >= 15 is 0 Å². The highest BCUT2D eigenvalue weighted by atomic mass is 32.2. The Hall–Kier alpha value is -1.21. The molecule has 1 aliphatic heterocycles. The molecule has 0 saturated carbocycles. The summed E-state index contributed by atoms with van der Waals surface area (Å²) in [6, 6.07) is 4.91. The van der Waals surface area contributed by atoms with Crippen LogP contribution in [0.1, 0.15) is 12.5 Å². The molecule has 0 bridgehead atoms. The molecule has 1 aliphatic rings. The zero-order chi connectivity index (χ0) is 14.0. The molecular weight excluding hydrogens is 275 g/mol. The van der Waals surface area contributed by atoms with Gasteiger partial charge in [0, 0.05) is 17.0 Å². The van der Waals surface area contributed by atoms with Crippen LogP contribution in [0.3, 0.4) is 0 Å². The number of rotatable bonds is 2. The predicted octanol–water partition coefficient (Wildman–Crippen LogP) is 2.94. The van der Waals surface area contributed by atoms with E-state index in [9.17, 15) is 13.2 Å². The minimum absolute atomic E-state index is 0.0284. The lowest BCUT2D eigenvalue weighted by Gasteiger charge is -2.12. The van der Waals surface area contributed by atoms with Crippen LogP contribution in [0, 0.1) is 0 Å². The Morgan fingerprint density at radius 3 is 2.47 bits per heavy atom. The van der Waals surface area contributed by atoms with Gasteiger partial charge in [0.25, 0.3) is 0 Å². The lowest BCUT2D eigenvalue weighted by atomic mass is 10.2. The molecule has 1 aromatic rings. The second-order valence-corrected chi connectivity index (χ2v) is 5.59. The topological polar surface area (TPSA) is 50.4 Å². The Bertz CT molecular complexity index is 468. The number of nitrogens with one attached hydrogen (secondary N) is 1. The van der Waals surface area contributed by atoms with Crippen LogP contribution < -0.4 is 11.1 Å². The Kier molecular flexibility index (Phi) is 4.05. The zero-order valence-corrected chi connectivity index (χ0v) is 11.1. The standard InChI is InChI=1S/C12H14F3N3S/c1-7(16)10-6-17-11(19-10)18-9-4-2-8(3-5-9)12(13,14)15/h2-5,7,10H,6,16H2,1H3,(H,17,18). The summed E-state index contributed by atoms with van der Waals surface area (Å²) in [7, 11) is 0. The van der Waals surface area contributed by atoms with E-state index in [1.165, 1.54) is 23.9 Å². The summed E-state index contributed by atoms with van der Waals surface area (Å²) in [6.07, 6.45) is -4.31. The fraction of sp³-hybridized carbons (Fsp3) is 0.417. The van der Waals surface area contributed by atoms with Crippen molar-refractivity contribution in [1.82, 2.24) is 0 Å². The van der Waals surface area contributed by atoms with Crippen LogP contribution in [0.2, 0.25) is 0 Å². The van der Waals surface area contributed by atoms with Crippen LogP contribution in [0.25, 0.3) is 0 Å². The fourth-order valence-electron chi connectivity index (χ4n) is 1.60. The van der Waals surface area contributed by atoms with Gasteiger partial charge < -0.3 is 11.1 Å². The maximum atomic E-state index is 12.4. The van der Waals surface area contributed by atoms with E-state index < -0.39 is 11.7 Å². The van der Waals surface area contributed by atoms with Crippen molar-refractivity contribution in [2.75, 3.05) is 11.9 Å². The molecule has 7 heteroatoms. The van der Waals surface area contributed by atoms with Crippen LogP contribution in [0.5, 0.6) is 0 Å². The lowest BCUT2D eigenvalue weighted by Crippen LogP contribution is -2.29. The molecule has 0 aliphatic carbocycles. The summed E-state index contributed by atoms with van der Waals surface area (Å²) in [5, 5.41) is 3.91. The lowest BCUT2D eigenvalue weighted by molar-refractivity contribution is -0.137. The largest absolute Gasteiger partial charge is 0.416 e. The van der Waals surface area contributed by atoms with Gasteiger partial charge in [0.15, 0.2) is 5.17 Å². The second-order valence-electron chi connectivity index (χ2n) is 4.36. The number of nitrogens with two attached hydrogens (primary N) is 1. The van der Waals surface area contributed by atoms with E-state index in [1.807, 2.05) is 6.92 Å². The van der Waals surface area contributed by atoms with Crippen molar-refractivity contribution in [3.63, 3.8) is 0 Å². The van der Waals surface area contributed by atoms with Gasteiger partial charge in [-0.2, -0.15) is 13.2 Å². The van der Waals surface area contributed by atoms with Crippen LogP contribution in [-0.4, -0.2) is 23.0 Å². The Labute approximate surface area is 113 Å². The van der Waals surface area contributed by atoms with E-state index in [2.05, 4.69) is 10.3 Å². The summed E-state index contributed by atoms with van der Waals surface area (Å²) in [5.41, 5.74) is 5.70. The molecule has 0 radical (unpaired) electrons. The van der Waals surface area contributed by atoms with Crippen molar-refractivity contribution in [1.29, 1.82) is 0 Å². The van der Waals surface area contributed by atoms with Gasteiger partial charge in [-0.1, -0.05) is 11.8 Å². The first-order chi connectivity index (χ1) is 8.86. The van der Waals surface area contributed by atoms with Gasteiger partial charge in [-0.05, 0) is 31.2 Å². The Morgan fingerprint density at radius 2 is 2.00 bits per heavy atom. The van der Waals surface area contributed by atoms with Crippen molar-refractivity contribution in [2.45, 2.75) is 24.4 Å². The van der Waals surface area contributed by atoms with Crippen LogP contribution in [0.15, 0.2) is 29.3 Å². The molecule has 104 valence electrons. The number of amidine groups is 1. The van der Waals surface area contributed by atoms with Gasteiger partial charge in [0.05, 0.1) is 12.1 Å². The van der Waals surface area contributed by atoms with Gasteiger partial charge in [-0.15, -0.1) is 0 Å². The molecule has 19 heavy (non-hydrogen) atoms. The van der Waals surface area contributed by atoms with Crippen molar-refractivity contribution in [3.8, 4) is 0 Å². The minimum Gasteiger partial charge on any atom is -0.335 e. The normalized spacial score (nSPS) is 21.1. The van der Waals surface area contributed by atoms with E-state index in [0.29, 0.717) is 17.4 Å². The van der Waals surface area contributed by atoms with Gasteiger partial charge in [-0.3, -0.25) is 4.99 Å². The number of hydrogen-bond donors (Lipinski definition) is 2. The Morgan fingerprint density at radius 1 is 1.37 bits per heavy atom. The van der Waals surface area contributed by atoms with E-state index in [-0.39, 0.29) is 11.3 Å². The number of nitrogens with zero attached hydrogens (tertiary/aromatic N) is 1. The first kappa shape index (κ1) is 14.2. The van der Waals surface area contributed by atoms with Gasteiger partial charge in [0.1, 0.15) is 0 Å². The number of anilines is 1. The van der Waals surface area contributed by atoms with E-state index in [0.717, 1.165) is 12.1 Å². The van der Waals surface area contributed by atoms with Crippen molar-refractivity contribution in [2.24, 2.45) is 10.7 Å². The van der Waals surface area contributed by atoms with E-state index in [1.54, 1.807) is 0 Å². The molecule has 2 atom stereocenters. The average molecular weight is 289 g/mol. The van der Waals surface area contributed by atoms with Crippen LogP contribution >= 0.6 is 11.8 Å². The maximum absolute atomic E-state index is 12.4.